The van der Waals surface area contributed by atoms with Crippen molar-refractivity contribution in [1.29, 1.82) is 0 Å². The Hall–Kier alpha value is -1.65. The van der Waals surface area contributed by atoms with Crippen LogP contribution in [0.1, 0.15) is 39.0 Å². The lowest BCUT2D eigenvalue weighted by molar-refractivity contribution is 0.0633. The first-order chi connectivity index (χ1) is 11.7. The summed E-state index contributed by atoms with van der Waals surface area (Å²) in [6, 6.07) is 12.7. The van der Waals surface area contributed by atoms with Crippen molar-refractivity contribution in [3.8, 4) is 0 Å². The van der Waals surface area contributed by atoms with Gasteiger partial charge >= 0.3 is 0 Å². The molecule has 1 fully saturated rings. The van der Waals surface area contributed by atoms with Gasteiger partial charge in [0.25, 0.3) is 5.91 Å². The molecular formula is C20H26N2OS. The van der Waals surface area contributed by atoms with E-state index in [2.05, 4.69) is 55.1 Å². The van der Waals surface area contributed by atoms with Gasteiger partial charge in [-0.3, -0.25) is 9.69 Å². The zero-order valence-corrected chi connectivity index (χ0v) is 15.4. The van der Waals surface area contributed by atoms with Crippen LogP contribution in [0, 0.1) is 6.92 Å². The predicted octanol–water partition coefficient (Wildman–Crippen LogP) is 3.97. The second kappa shape index (κ2) is 7.95. The molecular weight excluding hydrogens is 316 g/mol. The number of hydrogen-bond acceptors (Lipinski definition) is 3. The second-order valence-electron chi connectivity index (χ2n) is 6.50. The van der Waals surface area contributed by atoms with E-state index in [-0.39, 0.29) is 5.91 Å². The summed E-state index contributed by atoms with van der Waals surface area (Å²) < 4.78 is 0. The summed E-state index contributed by atoms with van der Waals surface area (Å²) in [6.07, 6.45) is 2.20. The van der Waals surface area contributed by atoms with Gasteiger partial charge in [-0.15, -0.1) is 11.3 Å². The van der Waals surface area contributed by atoms with Crippen molar-refractivity contribution >= 4 is 17.2 Å². The standard InChI is InChI=1S/C20H26N2OS/c1-3-7-18-14-19(24-16(18)2)20(23)22-12-10-21(11-13-22)15-17-8-5-4-6-9-17/h4-6,8-9,14H,3,7,10-13,15H2,1-2H3. The number of aryl methyl sites for hydroxylation is 2. The highest BCUT2D eigenvalue weighted by Gasteiger charge is 2.23. The van der Waals surface area contributed by atoms with Gasteiger partial charge < -0.3 is 4.90 Å². The van der Waals surface area contributed by atoms with Crippen LogP contribution in [0.2, 0.25) is 0 Å². The van der Waals surface area contributed by atoms with Crippen LogP contribution in [-0.2, 0) is 13.0 Å². The third-order valence-corrected chi connectivity index (χ3v) is 5.74. The molecule has 1 aromatic carbocycles. The zero-order chi connectivity index (χ0) is 16.9. The molecule has 0 saturated carbocycles. The first kappa shape index (κ1) is 17.2. The molecule has 0 aliphatic carbocycles. The Labute approximate surface area is 148 Å². The normalized spacial score (nSPS) is 15.7. The van der Waals surface area contributed by atoms with Gasteiger partial charge in [-0.05, 0) is 30.5 Å². The summed E-state index contributed by atoms with van der Waals surface area (Å²) in [5, 5.41) is 0. The fourth-order valence-corrected chi connectivity index (χ4v) is 4.29. The van der Waals surface area contributed by atoms with E-state index in [1.54, 1.807) is 11.3 Å². The van der Waals surface area contributed by atoms with Crippen molar-refractivity contribution in [3.05, 3.63) is 57.3 Å². The fourth-order valence-electron chi connectivity index (χ4n) is 3.25. The van der Waals surface area contributed by atoms with Crippen LogP contribution in [0.3, 0.4) is 0 Å². The summed E-state index contributed by atoms with van der Waals surface area (Å²) in [6.45, 7) is 8.84. The Balaban J connectivity index is 1.56. The van der Waals surface area contributed by atoms with Gasteiger partial charge in [0, 0.05) is 37.6 Å². The molecule has 1 aromatic heterocycles. The van der Waals surface area contributed by atoms with Gasteiger partial charge in [-0.25, -0.2) is 0 Å². The van der Waals surface area contributed by atoms with Gasteiger partial charge in [0.2, 0.25) is 0 Å². The van der Waals surface area contributed by atoms with Crippen LogP contribution in [0.15, 0.2) is 36.4 Å². The molecule has 3 nitrogen and oxygen atoms in total. The molecule has 2 aromatic rings. The maximum Gasteiger partial charge on any atom is 0.264 e. The summed E-state index contributed by atoms with van der Waals surface area (Å²) in [5.41, 5.74) is 2.68. The summed E-state index contributed by atoms with van der Waals surface area (Å²) >= 11 is 1.65. The largest absolute Gasteiger partial charge is 0.335 e. The highest BCUT2D eigenvalue weighted by Crippen LogP contribution is 2.24. The topological polar surface area (TPSA) is 23.6 Å². The number of hydrogen-bond donors (Lipinski definition) is 0. The van der Waals surface area contributed by atoms with E-state index < -0.39 is 0 Å². The number of amides is 1. The average molecular weight is 343 g/mol. The highest BCUT2D eigenvalue weighted by molar-refractivity contribution is 7.14. The molecule has 1 amide bonds. The number of benzene rings is 1. The molecule has 24 heavy (non-hydrogen) atoms. The number of nitrogens with zero attached hydrogens (tertiary/aromatic N) is 2. The Kier molecular flexibility index (Phi) is 5.69. The molecule has 1 aliphatic heterocycles. The van der Waals surface area contributed by atoms with Crippen molar-refractivity contribution in [3.63, 3.8) is 0 Å². The van der Waals surface area contributed by atoms with E-state index >= 15 is 0 Å². The van der Waals surface area contributed by atoms with Crippen molar-refractivity contribution < 1.29 is 4.79 Å². The molecule has 4 heteroatoms. The number of carbonyl (C=O) groups is 1. The number of piperazine rings is 1. The third-order valence-electron chi connectivity index (χ3n) is 4.66. The van der Waals surface area contributed by atoms with Crippen LogP contribution < -0.4 is 0 Å². The highest BCUT2D eigenvalue weighted by atomic mass is 32.1. The number of thiophene rings is 1. The van der Waals surface area contributed by atoms with Crippen molar-refractivity contribution in [2.75, 3.05) is 26.2 Å². The lowest BCUT2D eigenvalue weighted by atomic mass is 10.1. The lowest BCUT2D eigenvalue weighted by Gasteiger charge is -2.34. The van der Waals surface area contributed by atoms with Gasteiger partial charge in [0.1, 0.15) is 0 Å². The van der Waals surface area contributed by atoms with Crippen molar-refractivity contribution in [2.24, 2.45) is 0 Å². The summed E-state index contributed by atoms with van der Waals surface area (Å²) in [7, 11) is 0. The smallest absolute Gasteiger partial charge is 0.264 e. The van der Waals surface area contributed by atoms with E-state index in [0.717, 1.165) is 50.4 Å². The Morgan fingerprint density at radius 2 is 1.83 bits per heavy atom. The molecule has 0 bridgehead atoms. The molecule has 0 spiro atoms. The minimum atomic E-state index is 0.213. The van der Waals surface area contributed by atoms with Crippen molar-refractivity contribution in [1.82, 2.24) is 9.80 Å². The minimum Gasteiger partial charge on any atom is -0.335 e. The molecule has 2 heterocycles. The third kappa shape index (κ3) is 4.05. The molecule has 1 saturated heterocycles. The quantitative estimate of drug-likeness (QED) is 0.821. The zero-order valence-electron chi connectivity index (χ0n) is 14.6. The Morgan fingerprint density at radius 3 is 2.50 bits per heavy atom. The fraction of sp³-hybridized carbons (Fsp3) is 0.450. The van der Waals surface area contributed by atoms with Crippen LogP contribution in [-0.4, -0.2) is 41.9 Å². The van der Waals surface area contributed by atoms with Gasteiger partial charge in [0.05, 0.1) is 4.88 Å². The molecule has 0 radical (unpaired) electrons. The second-order valence-corrected chi connectivity index (χ2v) is 7.75. The lowest BCUT2D eigenvalue weighted by Crippen LogP contribution is -2.48. The molecule has 0 unspecified atom stereocenters. The molecule has 0 N–H and O–H groups in total. The summed E-state index contributed by atoms with van der Waals surface area (Å²) in [5.74, 6) is 0.213. The SMILES string of the molecule is CCCc1cc(C(=O)N2CCN(Cc3ccccc3)CC2)sc1C. The minimum absolute atomic E-state index is 0.213. The van der Waals surface area contributed by atoms with E-state index in [0.29, 0.717) is 0 Å². The molecule has 128 valence electrons. The first-order valence-electron chi connectivity index (χ1n) is 8.82. The van der Waals surface area contributed by atoms with E-state index in [1.165, 1.54) is 16.0 Å². The van der Waals surface area contributed by atoms with Gasteiger partial charge in [-0.2, -0.15) is 0 Å². The predicted molar refractivity (Wildman–Crippen MR) is 101 cm³/mol. The van der Waals surface area contributed by atoms with E-state index in [9.17, 15) is 4.79 Å². The molecule has 3 rings (SSSR count). The Morgan fingerprint density at radius 1 is 1.12 bits per heavy atom. The van der Waals surface area contributed by atoms with Gasteiger partial charge in [0.15, 0.2) is 0 Å². The van der Waals surface area contributed by atoms with E-state index in [1.807, 2.05) is 4.90 Å². The van der Waals surface area contributed by atoms with Crippen LogP contribution >= 0.6 is 11.3 Å². The van der Waals surface area contributed by atoms with Gasteiger partial charge in [-0.1, -0.05) is 43.7 Å². The first-order valence-corrected chi connectivity index (χ1v) is 9.64. The summed E-state index contributed by atoms with van der Waals surface area (Å²) in [4.78, 5) is 19.4. The van der Waals surface area contributed by atoms with Crippen molar-refractivity contribution in [2.45, 2.75) is 33.2 Å². The average Bonchev–Trinajstić information content (AvgIpc) is 2.97. The van der Waals surface area contributed by atoms with Crippen LogP contribution in [0.25, 0.3) is 0 Å². The number of carbonyl (C=O) groups excluding carboxylic acids is 1. The molecule has 0 atom stereocenters. The molecule has 1 aliphatic rings. The van der Waals surface area contributed by atoms with Crippen LogP contribution in [0.4, 0.5) is 0 Å². The van der Waals surface area contributed by atoms with Crippen LogP contribution in [0.5, 0.6) is 0 Å². The maximum atomic E-state index is 12.8. The van der Waals surface area contributed by atoms with E-state index in [4.69, 9.17) is 0 Å². The number of rotatable bonds is 5. The maximum absolute atomic E-state index is 12.8. The monoisotopic (exact) mass is 342 g/mol. The Bertz CT molecular complexity index is 672.